The highest BCUT2D eigenvalue weighted by Crippen LogP contribution is 2.35. The van der Waals surface area contributed by atoms with Gasteiger partial charge in [0, 0.05) is 10.0 Å². The molecule has 0 aliphatic rings. The van der Waals surface area contributed by atoms with Crippen LogP contribution in [-0.2, 0) is 0 Å². The minimum Gasteiger partial charge on any atom is -0.496 e. The Morgan fingerprint density at radius 1 is 1.20 bits per heavy atom. The predicted octanol–water partition coefficient (Wildman–Crippen LogP) is 4.81. The van der Waals surface area contributed by atoms with Crippen molar-refractivity contribution in [3.8, 4) is 5.75 Å². The summed E-state index contributed by atoms with van der Waals surface area (Å²) in [6, 6.07) is 9.30. The highest BCUT2D eigenvalue weighted by Gasteiger charge is 2.18. The quantitative estimate of drug-likeness (QED) is 0.856. The van der Waals surface area contributed by atoms with Gasteiger partial charge in [-0.05, 0) is 58.6 Å². The number of aliphatic hydroxyl groups is 1. The maximum atomic E-state index is 10.6. The molecule has 0 aliphatic carbocycles. The van der Waals surface area contributed by atoms with Crippen LogP contribution in [0.5, 0.6) is 5.75 Å². The maximum absolute atomic E-state index is 10.6. The van der Waals surface area contributed by atoms with E-state index < -0.39 is 6.10 Å². The lowest BCUT2D eigenvalue weighted by molar-refractivity contribution is 0.214. The van der Waals surface area contributed by atoms with Gasteiger partial charge in [-0.25, -0.2) is 0 Å². The Hall–Kier alpha value is -1.03. The number of hydrogen-bond donors (Lipinski definition) is 1. The molecular formula is C16H16BrClO2. The lowest BCUT2D eigenvalue weighted by Gasteiger charge is -2.18. The largest absolute Gasteiger partial charge is 0.496 e. The number of aryl methyl sites for hydroxylation is 1. The average Bonchev–Trinajstić information content (AvgIpc) is 2.44. The number of rotatable bonds is 3. The molecule has 0 fully saturated rings. The van der Waals surface area contributed by atoms with E-state index in [1.165, 1.54) is 0 Å². The van der Waals surface area contributed by atoms with Crippen molar-refractivity contribution >= 4 is 27.5 Å². The number of aliphatic hydroxyl groups excluding tert-OH is 1. The number of hydrogen-bond acceptors (Lipinski definition) is 2. The molecule has 0 radical (unpaired) electrons. The van der Waals surface area contributed by atoms with Crippen LogP contribution in [0.3, 0.4) is 0 Å². The third-order valence-electron chi connectivity index (χ3n) is 3.47. The Kier molecular flexibility index (Phi) is 4.74. The molecule has 0 amide bonds. The SMILES string of the molecule is COc1c(C(O)c2ccc(Br)c(Cl)c2)ccc(C)c1C. The van der Waals surface area contributed by atoms with Crippen molar-refractivity contribution in [1.82, 2.24) is 0 Å². The highest BCUT2D eigenvalue weighted by molar-refractivity contribution is 9.10. The zero-order valence-electron chi connectivity index (χ0n) is 11.6. The third kappa shape index (κ3) is 2.85. The average molecular weight is 356 g/mol. The minimum atomic E-state index is -0.769. The molecule has 1 unspecified atom stereocenters. The molecule has 20 heavy (non-hydrogen) atoms. The number of methoxy groups -OCH3 is 1. The van der Waals surface area contributed by atoms with Gasteiger partial charge in [-0.1, -0.05) is 29.8 Å². The van der Waals surface area contributed by atoms with E-state index in [0.717, 1.165) is 32.5 Å². The van der Waals surface area contributed by atoms with E-state index in [1.807, 2.05) is 38.1 Å². The molecule has 4 heteroatoms. The smallest absolute Gasteiger partial charge is 0.128 e. The van der Waals surface area contributed by atoms with Gasteiger partial charge in [0.05, 0.1) is 12.1 Å². The first-order valence-electron chi connectivity index (χ1n) is 6.22. The normalized spacial score (nSPS) is 12.3. The van der Waals surface area contributed by atoms with Crippen molar-refractivity contribution in [3.63, 3.8) is 0 Å². The van der Waals surface area contributed by atoms with Crippen LogP contribution in [0.25, 0.3) is 0 Å². The van der Waals surface area contributed by atoms with Crippen molar-refractivity contribution in [2.45, 2.75) is 20.0 Å². The molecule has 1 atom stereocenters. The molecule has 0 heterocycles. The van der Waals surface area contributed by atoms with Gasteiger partial charge in [0.2, 0.25) is 0 Å². The lowest BCUT2D eigenvalue weighted by atomic mass is 9.96. The molecule has 106 valence electrons. The Labute approximate surface area is 132 Å². The molecule has 0 saturated heterocycles. The van der Waals surface area contributed by atoms with Crippen LogP contribution >= 0.6 is 27.5 Å². The summed E-state index contributed by atoms with van der Waals surface area (Å²) in [5, 5.41) is 11.2. The topological polar surface area (TPSA) is 29.5 Å². The van der Waals surface area contributed by atoms with Gasteiger partial charge in [-0.2, -0.15) is 0 Å². The minimum absolute atomic E-state index is 0.573. The van der Waals surface area contributed by atoms with Gasteiger partial charge in [0.1, 0.15) is 11.9 Å². The van der Waals surface area contributed by atoms with Gasteiger partial charge in [-0.3, -0.25) is 0 Å². The summed E-state index contributed by atoms with van der Waals surface area (Å²) in [5.74, 6) is 0.719. The second-order valence-electron chi connectivity index (χ2n) is 4.71. The summed E-state index contributed by atoms with van der Waals surface area (Å²) >= 11 is 9.43. The van der Waals surface area contributed by atoms with Crippen molar-refractivity contribution in [2.24, 2.45) is 0 Å². The number of benzene rings is 2. The van der Waals surface area contributed by atoms with E-state index >= 15 is 0 Å². The number of halogens is 2. The highest BCUT2D eigenvalue weighted by atomic mass is 79.9. The number of ether oxygens (including phenoxy) is 1. The second kappa shape index (κ2) is 6.17. The summed E-state index contributed by atoms with van der Waals surface area (Å²) in [6.07, 6.45) is -0.769. The van der Waals surface area contributed by atoms with Crippen LogP contribution in [0.2, 0.25) is 5.02 Å². The molecule has 2 aromatic rings. The molecule has 1 N–H and O–H groups in total. The Bertz CT molecular complexity index is 641. The predicted molar refractivity (Wildman–Crippen MR) is 85.7 cm³/mol. The van der Waals surface area contributed by atoms with Gasteiger partial charge < -0.3 is 9.84 Å². The standard InChI is InChI=1S/C16H16BrClO2/c1-9-4-6-12(16(20-3)10(9)2)15(19)11-5-7-13(17)14(18)8-11/h4-8,15,19H,1-3H3. The zero-order chi connectivity index (χ0) is 14.9. The van der Waals surface area contributed by atoms with Crippen molar-refractivity contribution in [2.75, 3.05) is 7.11 Å². The monoisotopic (exact) mass is 354 g/mol. The maximum Gasteiger partial charge on any atom is 0.128 e. The first-order chi connectivity index (χ1) is 9.45. The van der Waals surface area contributed by atoms with Gasteiger partial charge >= 0.3 is 0 Å². The molecule has 0 aromatic heterocycles. The first kappa shape index (κ1) is 15.4. The van der Waals surface area contributed by atoms with Gasteiger partial charge in [0.25, 0.3) is 0 Å². The summed E-state index contributed by atoms with van der Waals surface area (Å²) in [4.78, 5) is 0. The van der Waals surface area contributed by atoms with Crippen LogP contribution in [0, 0.1) is 13.8 Å². The third-order valence-corrected chi connectivity index (χ3v) is 4.70. The Morgan fingerprint density at radius 2 is 1.90 bits per heavy atom. The summed E-state index contributed by atoms with van der Waals surface area (Å²) < 4.78 is 6.26. The Balaban J connectivity index is 2.50. The molecule has 0 saturated carbocycles. The molecule has 0 bridgehead atoms. The van der Waals surface area contributed by atoms with Crippen LogP contribution < -0.4 is 4.74 Å². The molecular weight excluding hydrogens is 340 g/mol. The van der Waals surface area contributed by atoms with E-state index in [2.05, 4.69) is 15.9 Å². The molecule has 2 rings (SSSR count). The Morgan fingerprint density at radius 3 is 2.50 bits per heavy atom. The van der Waals surface area contributed by atoms with E-state index in [0.29, 0.717) is 5.02 Å². The van der Waals surface area contributed by atoms with Crippen LogP contribution in [-0.4, -0.2) is 12.2 Å². The van der Waals surface area contributed by atoms with E-state index in [9.17, 15) is 5.11 Å². The van der Waals surface area contributed by atoms with E-state index in [-0.39, 0.29) is 0 Å². The fraction of sp³-hybridized carbons (Fsp3) is 0.250. The molecule has 2 aromatic carbocycles. The summed E-state index contributed by atoms with van der Waals surface area (Å²) in [6.45, 7) is 4.00. The molecule has 0 aliphatic heterocycles. The van der Waals surface area contributed by atoms with Crippen molar-refractivity contribution in [1.29, 1.82) is 0 Å². The van der Waals surface area contributed by atoms with Gasteiger partial charge in [0.15, 0.2) is 0 Å². The first-order valence-corrected chi connectivity index (χ1v) is 7.40. The van der Waals surface area contributed by atoms with Crippen LogP contribution in [0.1, 0.15) is 28.4 Å². The van der Waals surface area contributed by atoms with E-state index in [4.69, 9.17) is 16.3 Å². The van der Waals surface area contributed by atoms with Crippen molar-refractivity contribution in [3.05, 3.63) is 62.1 Å². The fourth-order valence-electron chi connectivity index (χ4n) is 2.16. The van der Waals surface area contributed by atoms with E-state index in [1.54, 1.807) is 13.2 Å². The summed E-state index contributed by atoms with van der Waals surface area (Å²) in [7, 11) is 1.62. The van der Waals surface area contributed by atoms with Crippen LogP contribution in [0.15, 0.2) is 34.8 Å². The summed E-state index contributed by atoms with van der Waals surface area (Å²) in [5.41, 5.74) is 3.65. The lowest BCUT2D eigenvalue weighted by Crippen LogP contribution is -2.04. The zero-order valence-corrected chi connectivity index (χ0v) is 13.9. The van der Waals surface area contributed by atoms with Crippen molar-refractivity contribution < 1.29 is 9.84 Å². The molecule has 0 spiro atoms. The molecule has 2 nitrogen and oxygen atoms in total. The van der Waals surface area contributed by atoms with Gasteiger partial charge in [-0.15, -0.1) is 0 Å². The van der Waals surface area contributed by atoms with Crippen LogP contribution in [0.4, 0.5) is 0 Å². The fourth-order valence-corrected chi connectivity index (χ4v) is 2.59. The second-order valence-corrected chi connectivity index (χ2v) is 5.97.